The van der Waals surface area contributed by atoms with Gasteiger partial charge in [0, 0.05) is 12.8 Å². The summed E-state index contributed by atoms with van der Waals surface area (Å²) in [6, 6.07) is 0. The van der Waals surface area contributed by atoms with Crippen LogP contribution in [0.1, 0.15) is 200 Å². The van der Waals surface area contributed by atoms with Gasteiger partial charge in [-0.2, -0.15) is 0 Å². The first-order valence-corrected chi connectivity index (χ1v) is 17.0. The molecule has 0 heterocycles. The first-order valence-electron chi connectivity index (χ1n) is 17.0. The molecule has 0 fully saturated rings. The zero-order chi connectivity index (χ0) is 27.9. The molecule has 1 N–H and O–H groups in total. The van der Waals surface area contributed by atoms with Crippen molar-refractivity contribution in [3.05, 3.63) is 0 Å². The van der Waals surface area contributed by atoms with E-state index in [0.717, 1.165) is 57.8 Å². The van der Waals surface area contributed by atoms with Crippen LogP contribution in [0.4, 0.5) is 0 Å². The minimum absolute atomic E-state index is 0.0202. The fourth-order valence-corrected chi connectivity index (χ4v) is 5.30. The number of hydrogen-bond donors (Lipinski definition) is 1. The summed E-state index contributed by atoms with van der Waals surface area (Å²) in [6.45, 7) is 4.50. The first-order chi connectivity index (χ1) is 18.6. The average molecular weight is 539 g/mol. The number of rotatable bonds is 31. The van der Waals surface area contributed by atoms with Gasteiger partial charge in [0.1, 0.15) is 6.10 Å². The van der Waals surface area contributed by atoms with Gasteiger partial charge in [-0.1, -0.05) is 149 Å². The number of carbonyl (C=O) groups excluding carboxylic acids is 1. The molecule has 0 aliphatic carbocycles. The molecule has 226 valence electrons. The van der Waals surface area contributed by atoms with E-state index in [1.54, 1.807) is 0 Å². The Morgan fingerprint density at radius 3 is 1.21 bits per heavy atom. The van der Waals surface area contributed by atoms with Crippen LogP contribution < -0.4 is 0 Å². The lowest BCUT2D eigenvalue weighted by Crippen LogP contribution is -2.18. The van der Waals surface area contributed by atoms with Crippen LogP contribution in [0.25, 0.3) is 0 Å². The maximum atomic E-state index is 12.4. The number of carboxylic acid groups (broad SMARTS) is 1. The van der Waals surface area contributed by atoms with Crippen molar-refractivity contribution in [2.24, 2.45) is 0 Å². The number of ether oxygens (including phenoxy) is 1. The molecule has 4 nitrogen and oxygen atoms in total. The number of esters is 1. The summed E-state index contributed by atoms with van der Waals surface area (Å²) >= 11 is 0. The number of hydrogen-bond acceptors (Lipinski definition) is 3. The van der Waals surface area contributed by atoms with Gasteiger partial charge in [-0.15, -0.1) is 0 Å². The summed E-state index contributed by atoms with van der Waals surface area (Å²) in [5.41, 5.74) is 0. The SMILES string of the molecule is CCCCCCCCCCCCCCCCC(=O)OC(CCCCC)CCCCCCCCCCC(=O)O. The Hall–Kier alpha value is -1.06. The fourth-order valence-electron chi connectivity index (χ4n) is 5.30. The third-order valence-corrected chi connectivity index (χ3v) is 7.83. The van der Waals surface area contributed by atoms with Crippen LogP contribution in [-0.4, -0.2) is 23.1 Å². The van der Waals surface area contributed by atoms with Crippen LogP contribution in [0.15, 0.2) is 0 Å². The molecule has 0 rings (SSSR count). The molecule has 4 heteroatoms. The largest absolute Gasteiger partial charge is 0.481 e. The molecule has 0 aromatic heterocycles. The van der Waals surface area contributed by atoms with Gasteiger partial charge in [0.05, 0.1) is 0 Å². The molecule has 1 atom stereocenters. The van der Waals surface area contributed by atoms with E-state index in [9.17, 15) is 9.59 Å². The fraction of sp³-hybridized carbons (Fsp3) is 0.941. The Bertz CT molecular complexity index is 505. The van der Waals surface area contributed by atoms with E-state index in [1.165, 1.54) is 116 Å². The van der Waals surface area contributed by atoms with Gasteiger partial charge in [-0.3, -0.25) is 9.59 Å². The second-order valence-corrected chi connectivity index (χ2v) is 11.7. The van der Waals surface area contributed by atoms with Crippen LogP contribution in [0.5, 0.6) is 0 Å². The number of aliphatic carboxylic acids is 1. The van der Waals surface area contributed by atoms with Gasteiger partial charge in [0.15, 0.2) is 0 Å². The molecule has 0 saturated heterocycles. The molecule has 0 aliphatic rings. The van der Waals surface area contributed by atoms with E-state index >= 15 is 0 Å². The number of unbranched alkanes of at least 4 members (excludes halogenated alkanes) is 22. The van der Waals surface area contributed by atoms with E-state index < -0.39 is 5.97 Å². The second-order valence-electron chi connectivity index (χ2n) is 11.7. The van der Waals surface area contributed by atoms with Crippen LogP contribution in [0, 0.1) is 0 Å². The zero-order valence-electron chi connectivity index (χ0n) is 25.8. The maximum Gasteiger partial charge on any atom is 0.306 e. The maximum absolute atomic E-state index is 12.4. The highest BCUT2D eigenvalue weighted by atomic mass is 16.5. The molecule has 0 bridgehead atoms. The zero-order valence-corrected chi connectivity index (χ0v) is 25.8. The third kappa shape index (κ3) is 29.5. The predicted molar refractivity (Wildman–Crippen MR) is 163 cm³/mol. The van der Waals surface area contributed by atoms with Gasteiger partial charge < -0.3 is 9.84 Å². The molecule has 1 unspecified atom stereocenters. The Balaban J connectivity index is 3.72. The van der Waals surface area contributed by atoms with Crippen molar-refractivity contribution in [1.82, 2.24) is 0 Å². The molecular weight excluding hydrogens is 472 g/mol. The summed E-state index contributed by atoms with van der Waals surface area (Å²) in [4.78, 5) is 23.0. The van der Waals surface area contributed by atoms with Gasteiger partial charge in [0.2, 0.25) is 0 Å². The van der Waals surface area contributed by atoms with Crippen molar-refractivity contribution in [1.29, 1.82) is 0 Å². The van der Waals surface area contributed by atoms with Gasteiger partial charge in [0.25, 0.3) is 0 Å². The number of carboxylic acids is 1. The highest BCUT2D eigenvalue weighted by Gasteiger charge is 2.14. The molecule has 0 amide bonds. The van der Waals surface area contributed by atoms with Crippen molar-refractivity contribution < 1.29 is 19.4 Å². The summed E-state index contributed by atoms with van der Waals surface area (Å²) in [5.74, 6) is -0.662. The Morgan fingerprint density at radius 2 is 0.789 bits per heavy atom. The number of carbonyl (C=O) groups is 2. The minimum atomic E-state index is -0.682. The molecule has 0 aromatic carbocycles. The van der Waals surface area contributed by atoms with E-state index in [4.69, 9.17) is 9.84 Å². The topological polar surface area (TPSA) is 63.6 Å². The van der Waals surface area contributed by atoms with Gasteiger partial charge >= 0.3 is 11.9 Å². The van der Waals surface area contributed by atoms with E-state index in [1.807, 2.05) is 0 Å². The predicted octanol–water partition coefficient (Wildman–Crippen LogP) is 11.3. The standard InChI is InChI=1S/C34H66O4/c1-3-5-7-8-9-10-11-12-13-14-15-20-23-27-31-34(37)38-32(28-24-6-4-2)29-25-21-18-16-17-19-22-26-30-33(35)36/h32H,3-31H2,1-2H3,(H,35,36). The van der Waals surface area contributed by atoms with Crippen LogP contribution in [-0.2, 0) is 14.3 Å². The van der Waals surface area contributed by atoms with Crippen LogP contribution >= 0.6 is 0 Å². The monoisotopic (exact) mass is 538 g/mol. The molecular formula is C34H66O4. The second kappa shape index (κ2) is 30.5. The molecule has 0 radical (unpaired) electrons. The third-order valence-electron chi connectivity index (χ3n) is 7.83. The average Bonchev–Trinajstić information content (AvgIpc) is 2.89. The first kappa shape index (κ1) is 36.9. The smallest absolute Gasteiger partial charge is 0.306 e. The molecule has 0 aromatic rings. The van der Waals surface area contributed by atoms with Gasteiger partial charge in [-0.25, -0.2) is 0 Å². The summed E-state index contributed by atoms with van der Waals surface area (Å²) < 4.78 is 5.91. The van der Waals surface area contributed by atoms with Crippen LogP contribution in [0.2, 0.25) is 0 Å². The van der Waals surface area contributed by atoms with E-state index in [2.05, 4.69) is 13.8 Å². The molecule has 0 spiro atoms. The summed E-state index contributed by atoms with van der Waals surface area (Å²) in [5, 5.41) is 8.68. The van der Waals surface area contributed by atoms with Crippen molar-refractivity contribution >= 4 is 11.9 Å². The quantitative estimate of drug-likeness (QED) is 0.0704. The van der Waals surface area contributed by atoms with Crippen molar-refractivity contribution in [2.45, 2.75) is 206 Å². The highest BCUT2D eigenvalue weighted by molar-refractivity contribution is 5.69. The Morgan fingerprint density at radius 1 is 0.474 bits per heavy atom. The lowest BCUT2D eigenvalue weighted by Gasteiger charge is -2.18. The normalized spacial score (nSPS) is 12.1. The van der Waals surface area contributed by atoms with Crippen molar-refractivity contribution in [2.75, 3.05) is 0 Å². The van der Waals surface area contributed by atoms with Gasteiger partial charge in [-0.05, 0) is 38.5 Å². The Labute approximate surface area is 237 Å². The van der Waals surface area contributed by atoms with E-state index in [-0.39, 0.29) is 12.1 Å². The Kier molecular flexibility index (Phi) is 29.6. The lowest BCUT2D eigenvalue weighted by molar-refractivity contribution is -0.150. The highest BCUT2D eigenvalue weighted by Crippen LogP contribution is 2.18. The summed E-state index contributed by atoms with van der Waals surface area (Å²) in [6.07, 6.45) is 34.2. The van der Waals surface area contributed by atoms with Crippen LogP contribution in [0.3, 0.4) is 0 Å². The lowest BCUT2D eigenvalue weighted by atomic mass is 10.0. The van der Waals surface area contributed by atoms with Crippen molar-refractivity contribution in [3.63, 3.8) is 0 Å². The summed E-state index contributed by atoms with van der Waals surface area (Å²) in [7, 11) is 0. The molecule has 0 saturated carbocycles. The molecule has 38 heavy (non-hydrogen) atoms. The van der Waals surface area contributed by atoms with Crippen molar-refractivity contribution in [3.8, 4) is 0 Å². The van der Waals surface area contributed by atoms with E-state index in [0.29, 0.717) is 12.8 Å². The minimum Gasteiger partial charge on any atom is -0.481 e. The molecule has 0 aliphatic heterocycles.